The van der Waals surface area contributed by atoms with Crippen LogP contribution in [0.1, 0.15) is 19.3 Å². The third-order valence-electron chi connectivity index (χ3n) is 3.04. The third-order valence-corrected chi connectivity index (χ3v) is 3.04. The summed E-state index contributed by atoms with van der Waals surface area (Å²) in [6.45, 7) is 1.92. The molecule has 0 spiro atoms. The van der Waals surface area contributed by atoms with Crippen LogP contribution < -0.4 is 10.6 Å². The first-order chi connectivity index (χ1) is 8.78. The number of hydrogen-bond donors (Lipinski definition) is 2. The topological polar surface area (TPSA) is 68.2 Å². The van der Waals surface area contributed by atoms with Gasteiger partial charge in [0.05, 0.1) is 11.9 Å². The zero-order valence-corrected chi connectivity index (χ0v) is 10.7. The quantitative estimate of drug-likeness (QED) is 0.824. The average Bonchev–Trinajstić information content (AvgIpc) is 2.63. The van der Waals surface area contributed by atoms with Crippen molar-refractivity contribution in [2.75, 3.05) is 25.6 Å². The lowest BCUT2D eigenvalue weighted by Gasteiger charge is -2.14. The molecular weight excluding hydrogens is 232 g/mol. The molecular formula is C12H20N4O2. The number of likely N-dealkylation sites (N-methyl/N-ethyl adjacent to an activating group) is 1. The number of nitrogens with one attached hydrogen (secondary N) is 2. The number of nitrogens with zero attached hydrogens (tertiary/aromatic N) is 2. The standard InChI is InChI=1S/C12H20N4O2/c1-13-12(17)9-16-8-11(7-14-16)15-10-3-2-5-18-6-4-10/h7-8,10,15H,2-6,9H2,1H3,(H,13,17). The number of hydrogen-bond acceptors (Lipinski definition) is 4. The van der Waals surface area contributed by atoms with E-state index in [0.717, 1.165) is 38.2 Å². The first-order valence-corrected chi connectivity index (χ1v) is 6.35. The van der Waals surface area contributed by atoms with Gasteiger partial charge >= 0.3 is 0 Å². The van der Waals surface area contributed by atoms with Crippen LogP contribution in [0.3, 0.4) is 0 Å². The number of anilines is 1. The Morgan fingerprint density at radius 3 is 3.28 bits per heavy atom. The fourth-order valence-electron chi connectivity index (χ4n) is 2.03. The second-order valence-corrected chi connectivity index (χ2v) is 4.48. The Labute approximate surface area is 107 Å². The predicted molar refractivity (Wildman–Crippen MR) is 68.4 cm³/mol. The van der Waals surface area contributed by atoms with Crippen molar-refractivity contribution >= 4 is 11.6 Å². The van der Waals surface area contributed by atoms with Gasteiger partial charge in [0.1, 0.15) is 6.54 Å². The van der Waals surface area contributed by atoms with E-state index in [9.17, 15) is 4.79 Å². The van der Waals surface area contributed by atoms with Crippen LogP contribution in [0.2, 0.25) is 0 Å². The van der Waals surface area contributed by atoms with Crippen molar-refractivity contribution in [3.8, 4) is 0 Å². The molecule has 2 heterocycles. The minimum Gasteiger partial charge on any atom is -0.381 e. The molecule has 18 heavy (non-hydrogen) atoms. The van der Waals surface area contributed by atoms with Gasteiger partial charge in [-0.2, -0.15) is 5.10 Å². The van der Waals surface area contributed by atoms with Crippen molar-refractivity contribution in [2.24, 2.45) is 0 Å². The monoisotopic (exact) mass is 252 g/mol. The smallest absolute Gasteiger partial charge is 0.241 e. The minimum atomic E-state index is -0.0486. The van der Waals surface area contributed by atoms with Gasteiger partial charge in [0, 0.05) is 32.5 Å². The van der Waals surface area contributed by atoms with Crippen LogP contribution in [0.5, 0.6) is 0 Å². The number of carbonyl (C=O) groups excluding carboxylic acids is 1. The van der Waals surface area contributed by atoms with Gasteiger partial charge in [0.15, 0.2) is 0 Å². The van der Waals surface area contributed by atoms with Crippen LogP contribution in [0, 0.1) is 0 Å². The first-order valence-electron chi connectivity index (χ1n) is 6.35. The van der Waals surface area contributed by atoms with Crippen molar-refractivity contribution in [3.63, 3.8) is 0 Å². The number of aromatic nitrogens is 2. The predicted octanol–water partition coefficient (Wildman–Crippen LogP) is 0.610. The molecule has 1 aliphatic heterocycles. The molecule has 0 aromatic carbocycles. The molecule has 1 aliphatic rings. The molecule has 0 aliphatic carbocycles. The van der Waals surface area contributed by atoms with E-state index < -0.39 is 0 Å². The van der Waals surface area contributed by atoms with Crippen LogP contribution in [-0.4, -0.2) is 42.0 Å². The molecule has 1 fully saturated rings. The van der Waals surface area contributed by atoms with Gasteiger partial charge in [0.25, 0.3) is 0 Å². The van der Waals surface area contributed by atoms with Crippen LogP contribution in [0.4, 0.5) is 5.69 Å². The highest BCUT2D eigenvalue weighted by Crippen LogP contribution is 2.14. The average molecular weight is 252 g/mol. The normalized spacial score (nSPS) is 20.2. The molecule has 2 N–H and O–H groups in total. The summed E-state index contributed by atoms with van der Waals surface area (Å²) in [5.74, 6) is -0.0486. The van der Waals surface area contributed by atoms with E-state index in [1.165, 1.54) is 0 Å². The molecule has 2 rings (SSSR count). The van der Waals surface area contributed by atoms with E-state index >= 15 is 0 Å². The maximum absolute atomic E-state index is 11.2. The molecule has 100 valence electrons. The van der Waals surface area contributed by atoms with Crippen LogP contribution in [0.15, 0.2) is 12.4 Å². The first kappa shape index (κ1) is 12.9. The lowest BCUT2D eigenvalue weighted by Crippen LogP contribution is -2.23. The van der Waals surface area contributed by atoms with E-state index in [1.54, 1.807) is 17.9 Å². The highest BCUT2D eigenvalue weighted by atomic mass is 16.5. The zero-order chi connectivity index (χ0) is 12.8. The molecule has 0 radical (unpaired) electrons. The van der Waals surface area contributed by atoms with Crippen molar-refractivity contribution in [1.29, 1.82) is 0 Å². The molecule has 1 unspecified atom stereocenters. The molecule has 0 saturated carbocycles. The Morgan fingerprint density at radius 2 is 2.44 bits per heavy atom. The number of ether oxygens (including phenoxy) is 1. The summed E-state index contributed by atoms with van der Waals surface area (Å²) in [7, 11) is 1.62. The molecule has 6 heteroatoms. The summed E-state index contributed by atoms with van der Waals surface area (Å²) in [6, 6.07) is 0.435. The molecule has 1 aromatic rings. The van der Waals surface area contributed by atoms with Gasteiger partial charge in [-0.05, 0) is 19.3 Å². The minimum absolute atomic E-state index is 0.0486. The van der Waals surface area contributed by atoms with E-state index in [2.05, 4.69) is 15.7 Å². The van der Waals surface area contributed by atoms with Crippen molar-refractivity contribution in [2.45, 2.75) is 31.8 Å². The lowest BCUT2D eigenvalue weighted by atomic mass is 10.1. The SMILES string of the molecule is CNC(=O)Cn1cc(NC2CCCOCC2)cn1. The van der Waals surface area contributed by atoms with Gasteiger partial charge in [0.2, 0.25) is 5.91 Å². The lowest BCUT2D eigenvalue weighted by molar-refractivity contribution is -0.121. The van der Waals surface area contributed by atoms with Crippen LogP contribution in [0.25, 0.3) is 0 Å². The fraction of sp³-hybridized carbons (Fsp3) is 0.667. The van der Waals surface area contributed by atoms with Crippen LogP contribution >= 0.6 is 0 Å². The molecule has 6 nitrogen and oxygen atoms in total. The zero-order valence-electron chi connectivity index (χ0n) is 10.7. The summed E-state index contributed by atoms with van der Waals surface area (Å²) in [6.07, 6.45) is 6.83. The van der Waals surface area contributed by atoms with Crippen molar-refractivity contribution in [3.05, 3.63) is 12.4 Å². The Morgan fingerprint density at radius 1 is 1.56 bits per heavy atom. The summed E-state index contributed by atoms with van der Waals surface area (Å²) in [4.78, 5) is 11.2. The van der Waals surface area contributed by atoms with Crippen molar-refractivity contribution < 1.29 is 9.53 Å². The fourth-order valence-corrected chi connectivity index (χ4v) is 2.03. The van der Waals surface area contributed by atoms with Gasteiger partial charge in [-0.1, -0.05) is 0 Å². The van der Waals surface area contributed by atoms with E-state index in [1.807, 2.05) is 6.20 Å². The van der Waals surface area contributed by atoms with Crippen molar-refractivity contribution in [1.82, 2.24) is 15.1 Å². The largest absolute Gasteiger partial charge is 0.381 e. The maximum Gasteiger partial charge on any atom is 0.241 e. The molecule has 1 aromatic heterocycles. The third kappa shape index (κ3) is 3.73. The Hall–Kier alpha value is -1.56. The molecule has 1 atom stereocenters. The second kappa shape index (κ2) is 6.39. The van der Waals surface area contributed by atoms with E-state index in [-0.39, 0.29) is 12.5 Å². The highest BCUT2D eigenvalue weighted by Gasteiger charge is 2.13. The van der Waals surface area contributed by atoms with Gasteiger partial charge < -0.3 is 15.4 Å². The summed E-state index contributed by atoms with van der Waals surface area (Å²) in [5, 5.41) is 10.2. The number of amides is 1. The maximum atomic E-state index is 11.2. The second-order valence-electron chi connectivity index (χ2n) is 4.48. The van der Waals surface area contributed by atoms with E-state index in [4.69, 9.17) is 4.74 Å². The van der Waals surface area contributed by atoms with Gasteiger partial charge in [-0.15, -0.1) is 0 Å². The Kier molecular flexibility index (Phi) is 4.58. The molecule has 1 saturated heterocycles. The summed E-state index contributed by atoms with van der Waals surface area (Å²) >= 11 is 0. The molecule has 0 bridgehead atoms. The Bertz CT molecular complexity index is 383. The highest BCUT2D eigenvalue weighted by molar-refractivity contribution is 5.75. The van der Waals surface area contributed by atoms with E-state index in [0.29, 0.717) is 6.04 Å². The van der Waals surface area contributed by atoms with Gasteiger partial charge in [-0.25, -0.2) is 0 Å². The Balaban J connectivity index is 1.87. The molecule has 1 amide bonds. The number of rotatable bonds is 4. The summed E-state index contributed by atoms with van der Waals surface area (Å²) in [5.41, 5.74) is 0.964. The summed E-state index contributed by atoms with van der Waals surface area (Å²) < 4.78 is 7.05. The number of carbonyl (C=O) groups is 1. The van der Waals surface area contributed by atoms with Gasteiger partial charge in [-0.3, -0.25) is 9.48 Å². The van der Waals surface area contributed by atoms with Crippen LogP contribution in [-0.2, 0) is 16.1 Å².